The minimum absolute atomic E-state index is 0.00623. The van der Waals surface area contributed by atoms with Crippen molar-refractivity contribution in [2.45, 2.75) is 6.92 Å². The number of carbonyl (C=O) groups excluding carboxylic acids is 1. The molecule has 7 nitrogen and oxygen atoms in total. The lowest BCUT2D eigenvalue weighted by Gasteiger charge is -2.36. The summed E-state index contributed by atoms with van der Waals surface area (Å²) in [6, 6.07) is 12.3. The average Bonchev–Trinajstić information content (AvgIpc) is 3.10. The molecule has 0 bridgehead atoms. The van der Waals surface area contributed by atoms with E-state index in [-0.39, 0.29) is 11.6 Å². The largest absolute Gasteiger partial charge is 0.368 e. The number of piperazine rings is 1. The predicted molar refractivity (Wildman–Crippen MR) is 121 cm³/mol. The molecule has 2 aromatic carbocycles. The van der Waals surface area contributed by atoms with Gasteiger partial charge in [0.1, 0.15) is 0 Å². The van der Waals surface area contributed by atoms with Crippen molar-refractivity contribution < 1.29 is 9.72 Å². The molecule has 0 aromatic heterocycles. The van der Waals surface area contributed by atoms with Gasteiger partial charge in [0, 0.05) is 49.0 Å². The molecule has 0 radical (unpaired) electrons. The van der Waals surface area contributed by atoms with Gasteiger partial charge in [-0.3, -0.25) is 14.9 Å². The van der Waals surface area contributed by atoms with Crippen LogP contribution >= 0.6 is 23.4 Å². The molecule has 0 spiro atoms. The smallest absolute Gasteiger partial charge is 0.286 e. The first-order chi connectivity index (χ1) is 14.4. The highest BCUT2D eigenvalue weighted by Gasteiger charge is 2.28. The van der Waals surface area contributed by atoms with E-state index in [2.05, 4.69) is 20.9 Å². The molecule has 0 atom stereocenters. The zero-order chi connectivity index (χ0) is 21.3. The summed E-state index contributed by atoms with van der Waals surface area (Å²) < 4.78 is 0. The van der Waals surface area contributed by atoms with Crippen molar-refractivity contribution in [3.8, 4) is 0 Å². The molecule has 30 heavy (non-hydrogen) atoms. The van der Waals surface area contributed by atoms with E-state index >= 15 is 0 Å². The van der Waals surface area contributed by atoms with E-state index < -0.39 is 4.92 Å². The number of aryl methyl sites for hydroxylation is 1. The van der Waals surface area contributed by atoms with Crippen molar-refractivity contribution in [3.63, 3.8) is 0 Å². The lowest BCUT2D eigenvalue weighted by atomic mass is 10.2. The SMILES string of the molecule is Cc1ccc(N2CCN(C3=NC(=O)/C(=C\c4cccc([N+](=O)[O-])c4)S3)CC2)cc1Cl. The van der Waals surface area contributed by atoms with Crippen LogP contribution in [0.15, 0.2) is 52.4 Å². The van der Waals surface area contributed by atoms with E-state index in [0.717, 1.165) is 42.5 Å². The van der Waals surface area contributed by atoms with Gasteiger partial charge in [-0.25, -0.2) is 0 Å². The molecular weight excluding hydrogens is 424 g/mol. The molecule has 2 aliphatic rings. The van der Waals surface area contributed by atoms with Crippen molar-refractivity contribution in [3.05, 3.63) is 73.6 Å². The Bertz CT molecular complexity index is 1080. The molecule has 2 heterocycles. The summed E-state index contributed by atoms with van der Waals surface area (Å²) in [7, 11) is 0. The number of rotatable bonds is 3. The molecule has 154 valence electrons. The van der Waals surface area contributed by atoms with E-state index in [4.69, 9.17) is 11.6 Å². The molecule has 1 saturated heterocycles. The van der Waals surface area contributed by atoms with Gasteiger partial charge in [-0.2, -0.15) is 4.99 Å². The predicted octanol–water partition coefficient (Wildman–Crippen LogP) is 4.35. The molecule has 0 unspecified atom stereocenters. The summed E-state index contributed by atoms with van der Waals surface area (Å²) in [4.78, 5) is 31.9. The number of nitro groups is 1. The number of amidine groups is 1. The maximum atomic E-state index is 12.3. The van der Waals surface area contributed by atoms with Crippen LogP contribution in [0.4, 0.5) is 11.4 Å². The van der Waals surface area contributed by atoms with Gasteiger partial charge in [-0.1, -0.05) is 29.8 Å². The standard InChI is InChI=1S/C21H19ClN4O3S/c1-14-5-6-16(13-18(14)22)24-7-9-25(10-8-24)21-23-20(27)19(30-21)12-15-3-2-4-17(11-15)26(28)29/h2-6,11-13H,7-10H2,1H3/b19-12+. The van der Waals surface area contributed by atoms with Crippen molar-refractivity contribution in [1.29, 1.82) is 0 Å². The lowest BCUT2D eigenvalue weighted by Crippen LogP contribution is -2.47. The molecule has 2 aliphatic heterocycles. The number of anilines is 1. The third-order valence-corrected chi connectivity index (χ3v) is 6.51. The van der Waals surface area contributed by atoms with Crippen molar-refractivity contribution in [2.75, 3.05) is 31.1 Å². The van der Waals surface area contributed by atoms with Crippen LogP contribution in [0.1, 0.15) is 11.1 Å². The Hall–Kier alpha value is -2.84. The summed E-state index contributed by atoms with van der Waals surface area (Å²) in [5.74, 6) is -0.311. The normalized spacial score (nSPS) is 18.1. The maximum absolute atomic E-state index is 12.3. The van der Waals surface area contributed by atoms with E-state index in [1.165, 1.54) is 23.9 Å². The number of thioether (sulfide) groups is 1. The highest BCUT2D eigenvalue weighted by atomic mass is 35.5. The first-order valence-electron chi connectivity index (χ1n) is 9.44. The van der Waals surface area contributed by atoms with Crippen LogP contribution in [-0.2, 0) is 4.79 Å². The number of halogens is 1. The Balaban J connectivity index is 1.41. The Morgan fingerprint density at radius 1 is 1.13 bits per heavy atom. The van der Waals surface area contributed by atoms with Crippen LogP contribution in [0.5, 0.6) is 0 Å². The quantitative estimate of drug-likeness (QED) is 0.399. The second-order valence-electron chi connectivity index (χ2n) is 7.07. The van der Waals surface area contributed by atoms with Crippen LogP contribution in [-0.4, -0.2) is 47.1 Å². The van der Waals surface area contributed by atoms with Gasteiger partial charge in [-0.05, 0) is 48.0 Å². The summed E-state index contributed by atoms with van der Waals surface area (Å²) in [5, 5.41) is 12.4. The summed E-state index contributed by atoms with van der Waals surface area (Å²) in [5.41, 5.74) is 2.75. The summed E-state index contributed by atoms with van der Waals surface area (Å²) in [6.45, 7) is 5.08. The lowest BCUT2D eigenvalue weighted by molar-refractivity contribution is -0.384. The highest BCUT2D eigenvalue weighted by molar-refractivity contribution is 8.18. The number of nitrogens with zero attached hydrogens (tertiary/aromatic N) is 4. The average molecular weight is 443 g/mol. The molecule has 9 heteroatoms. The molecule has 0 saturated carbocycles. The zero-order valence-corrected chi connectivity index (χ0v) is 17.8. The summed E-state index contributed by atoms with van der Waals surface area (Å²) >= 11 is 7.56. The van der Waals surface area contributed by atoms with Gasteiger partial charge in [0.15, 0.2) is 5.17 Å². The molecule has 4 rings (SSSR count). The number of hydrogen-bond acceptors (Lipinski definition) is 6. The van der Waals surface area contributed by atoms with E-state index in [9.17, 15) is 14.9 Å². The van der Waals surface area contributed by atoms with Crippen LogP contribution in [0.25, 0.3) is 6.08 Å². The molecule has 1 fully saturated rings. The van der Waals surface area contributed by atoms with Crippen LogP contribution in [0.2, 0.25) is 5.02 Å². The van der Waals surface area contributed by atoms with Gasteiger partial charge in [0.25, 0.3) is 11.6 Å². The second-order valence-corrected chi connectivity index (χ2v) is 8.49. The minimum Gasteiger partial charge on any atom is -0.368 e. The first kappa shape index (κ1) is 20.4. The Morgan fingerprint density at radius 3 is 2.57 bits per heavy atom. The number of benzene rings is 2. The molecule has 1 amide bonds. The van der Waals surface area contributed by atoms with Crippen LogP contribution < -0.4 is 4.90 Å². The number of aliphatic imine (C=N–C) groups is 1. The number of nitro benzene ring substituents is 1. The fraction of sp³-hybridized carbons (Fsp3) is 0.238. The zero-order valence-electron chi connectivity index (χ0n) is 16.2. The number of amides is 1. The van der Waals surface area contributed by atoms with E-state index in [1.54, 1.807) is 18.2 Å². The highest BCUT2D eigenvalue weighted by Crippen LogP contribution is 2.32. The van der Waals surface area contributed by atoms with Crippen LogP contribution in [0, 0.1) is 17.0 Å². The molecule has 0 aliphatic carbocycles. The van der Waals surface area contributed by atoms with Gasteiger partial charge in [0.05, 0.1) is 9.83 Å². The van der Waals surface area contributed by atoms with Crippen molar-refractivity contribution in [1.82, 2.24) is 4.90 Å². The minimum atomic E-state index is -0.450. The Kier molecular flexibility index (Phi) is 5.78. The van der Waals surface area contributed by atoms with E-state index in [0.29, 0.717) is 15.6 Å². The fourth-order valence-corrected chi connectivity index (χ4v) is 4.49. The van der Waals surface area contributed by atoms with Gasteiger partial charge in [0.2, 0.25) is 0 Å². The Morgan fingerprint density at radius 2 is 1.87 bits per heavy atom. The number of non-ortho nitro benzene ring substituents is 1. The van der Waals surface area contributed by atoms with Gasteiger partial charge >= 0.3 is 0 Å². The molecule has 0 N–H and O–H groups in total. The summed E-state index contributed by atoms with van der Waals surface area (Å²) in [6.07, 6.45) is 1.65. The van der Waals surface area contributed by atoms with Crippen molar-refractivity contribution >= 4 is 51.9 Å². The van der Waals surface area contributed by atoms with Crippen LogP contribution in [0.3, 0.4) is 0 Å². The Labute approximate surface area is 183 Å². The first-order valence-corrected chi connectivity index (χ1v) is 10.6. The maximum Gasteiger partial charge on any atom is 0.286 e. The van der Waals surface area contributed by atoms with Gasteiger partial charge < -0.3 is 9.80 Å². The fourth-order valence-electron chi connectivity index (χ4n) is 3.35. The van der Waals surface area contributed by atoms with Crippen molar-refractivity contribution in [2.24, 2.45) is 4.99 Å². The molecular formula is C21H19ClN4O3S. The monoisotopic (exact) mass is 442 g/mol. The topological polar surface area (TPSA) is 79.0 Å². The number of carbonyl (C=O) groups is 1. The number of hydrogen-bond donors (Lipinski definition) is 0. The third-order valence-electron chi connectivity index (χ3n) is 5.06. The third kappa shape index (κ3) is 4.34. The molecule has 2 aromatic rings. The van der Waals surface area contributed by atoms with Gasteiger partial charge in [-0.15, -0.1) is 0 Å². The van der Waals surface area contributed by atoms with E-state index in [1.807, 2.05) is 19.1 Å². The second kappa shape index (κ2) is 8.49.